The summed E-state index contributed by atoms with van der Waals surface area (Å²) in [6.07, 6.45) is 0.661. The maximum absolute atomic E-state index is 10.9. The Balaban J connectivity index is 2.46. The van der Waals surface area contributed by atoms with Crippen LogP contribution in [0.25, 0.3) is 0 Å². The number of piperidine rings is 1. The van der Waals surface area contributed by atoms with Crippen LogP contribution < -0.4 is 0 Å². The van der Waals surface area contributed by atoms with Crippen LogP contribution in [0.3, 0.4) is 0 Å². The predicted octanol–water partition coefficient (Wildman–Crippen LogP) is 1.46. The van der Waals surface area contributed by atoms with Gasteiger partial charge in [-0.1, -0.05) is 6.92 Å². The summed E-state index contributed by atoms with van der Waals surface area (Å²) in [6, 6.07) is 0. The van der Waals surface area contributed by atoms with Crippen molar-refractivity contribution in [2.75, 3.05) is 20.2 Å². The summed E-state index contributed by atoms with van der Waals surface area (Å²) in [5.41, 5.74) is 0.106. The Bertz CT molecular complexity index is 291. The standard InChI is InChI=1S/C14H27NO3/c1-10(16)8-12(17)9-18-13-6-7-15(5)14(3,4)11(13)2/h11-13,17H,6-9H2,1-5H3. The van der Waals surface area contributed by atoms with E-state index < -0.39 is 6.10 Å². The highest BCUT2D eigenvalue weighted by Crippen LogP contribution is 2.33. The van der Waals surface area contributed by atoms with Crippen molar-refractivity contribution in [3.05, 3.63) is 0 Å². The third-order valence-electron chi connectivity index (χ3n) is 4.43. The summed E-state index contributed by atoms with van der Waals surface area (Å²) in [5.74, 6) is 0.406. The number of nitrogens with zero attached hydrogens (tertiary/aromatic N) is 1. The number of hydrogen-bond acceptors (Lipinski definition) is 4. The van der Waals surface area contributed by atoms with Crippen molar-refractivity contribution in [3.8, 4) is 0 Å². The highest BCUT2D eigenvalue weighted by molar-refractivity contribution is 5.75. The van der Waals surface area contributed by atoms with Gasteiger partial charge in [-0.25, -0.2) is 0 Å². The maximum atomic E-state index is 10.9. The molecule has 0 aromatic heterocycles. The first-order chi connectivity index (χ1) is 8.25. The molecule has 0 bridgehead atoms. The van der Waals surface area contributed by atoms with Crippen molar-refractivity contribution < 1.29 is 14.6 Å². The summed E-state index contributed by atoms with van der Waals surface area (Å²) in [5, 5.41) is 9.66. The fraction of sp³-hybridized carbons (Fsp3) is 0.929. The fourth-order valence-corrected chi connectivity index (χ4v) is 2.51. The van der Waals surface area contributed by atoms with Crippen LogP contribution in [-0.4, -0.2) is 53.7 Å². The van der Waals surface area contributed by atoms with Crippen molar-refractivity contribution >= 4 is 5.78 Å². The minimum absolute atomic E-state index is 0.00264. The molecule has 0 saturated carbocycles. The Morgan fingerprint density at radius 2 is 2.17 bits per heavy atom. The third kappa shape index (κ3) is 3.77. The molecule has 0 aromatic rings. The van der Waals surface area contributed by atoms with Crippen LogP contribution in [0.2, 0.25) is 0 Å². The Labute approximate surface area is 110 Å². The second kappa shape index (κ2) is 6.13. The maximum Gasteiger partial charge on any atom is 0.132 e. The molecule has 4 heteroatoms. The van der Waals surface area contributed by atoms with E-state index >= 15 is 0 Å². The molecule has 1 aliphatic rings. The first-order valence-electron chi connectivity index (χ1n) is 6.75. The van der Waals surface area contributed by atoms with Crippen molar-refractivity contribution in [1.82, 2.24) is 4.90 Å². The number of likely N-dealkylation sites (tertiary alicyclic amines) is 1. The Morgan fingerprint density at radius 1 is 1.56 bits per heavy atom. The summed E-state index contributed by atoms with van der Waals surface area (Å²) in [6.45, 7) is 9.39. The molecule has 0 aromatic carbocycles. The average molecular weight is 257 g/mol. The van der Waals surface area contributed by atoms with Gasteiger partial charge in [-0.05, 0) is 34.2 Å². The number of aliphatic hydroxyl groups excluding tert-OH is 1. The van der Waals surface area contributed by atoms with Crippen molar-refractivity contribution in [2.24, 2.45) is 5.92 Å². The van der Waals surface area contributed by atoms with E-state index in [0.717, 1.165) is 13.0 Å². The number of carbonyl (C=O) groups excluding carboxylic acids is 1. The van der Waals surface area contributed by atoms with Crippen LogP contribution in [0.1, 0.15) is 40.5 Å². The Kier molecular flexibility index (Phi) is 5.32. The lowest BCUT2D eigenvalue weighted by molar-refractivity contribution is -0.123. The van der Waals surface area contributed by atoms with Gasteiger partial charge in [-0.2, -0.15) is 0 Å². The molecule has 0 spiro atoms. The number of carbonyl (C=O) groups is 1. The van der Waals surface area contributed by atoms with E-state index in [-0.39, 0.29) is 30.5 Å². The van der Waals surface area contributed by atoms with E-state index in [1.165, 1.54) is 6.92 Å². The van der Waals surface area contributed by atoms with E-state index in [2.05, 4.69) is 32.7 Å². The molecule has 1 rings (SSSR count). The van der Waals surface area contributed by atoms with Gasteiger partial charge >= 0.3 is 0 Å². The van der Waals surface area contributed by atoms with Crippen molar-refractivity contribution in [1.29, 1.82) is 0 Å². The number of Topliss-reactive ketones (excluding diaryl/α,β-unsaturated/α-hetero) is 1. The number of hydrogen-bond donors (Lipinski definition) is 1. The fourth-order valence-electron chi connectivity index (χ4n) is 2.51. The second-order valence-corrected chi connectivity index (χ2v) is 6.08. The molecule has 4 nitrogen and oxygen atoms in total. The smallest absolute Gasteiger partial charge is 0.132 e. The lowest BCUT2D eigenvalue weighted by Crippen LogP contribution is -2.56. The quantitative estimate of drug-likeness (QED) is 0.810. The zero-order valence-corrected chi connectivity index (χ0v) is 12.3. The first kappa shape index (κ1) is 15.6. The molecule has 3 unspecified atom stereocenters. The number of ether oxygens (including phenoxy) is 1. The summed E-state index contributed by atoms with van der Waals surface area (Å²) in [4.78, 5) is 13.2. The molecule has 1 N–H and O–H groups in total. The minimum Gasteiger partial charge on any atom is -0.390 e. The summed E-state index contributed by atoms with van der Waals surface area (Å²) >= 11 is 0. The van der Waals surface area contributed by atoms with Crippen LogP contribution >= 0.6 is 0 Å². The van der Waals surface area contributed by atoms with Crippen molar-refractivity contribution in [2.45, 2.75) is 58.3 Å². The Morgan fingerprint density at radius 3 is 2.72 bits per heavy atom. The van der Waals surface area contributed by atoms with Gasteiger partial charge in [0.25, 0.3) is 0 Å². The second-order valence-electron chi connectivity index (χ2n) is 6.08. The summed E-state index contributed by atoms with van der Waals surface area (Å²) in [7, 11) is 2.14. The monoisotopic (exact) mass is 257 g/mol. The summed E-state index contributed by atoms with van der Waals surface area (Å²) < 4.78 is 5.81. The molecule has 1 fully saturated rings. The molecule has 3 atom stereocenters. The van der Waals surface area contributed by atoms with E-state index in [1.807, 2.05) is 0 Å². The van der Waals surface area contributed by atoms with Crippen LogP contribution in [0.4, 0.5) is 0 Å². The number of aliphatic hydroxyl groups is 1. The van der Waals surface area contributed by atoms with Crippen LogP contribution in [-0.2, 0) is 9.53 Å². The molecular weight excluding hydrogens is 230 g/mol. The molecule has 1 aliphatic heterocycles. The number of ketones is 1. The molecule has 0 radical (unpaired) electrons. The minimum atomic E-state index is -0.669. The van der Waals surface area contributed by atoms with Gasteiger partial charge in [0.05, 0.1) is 18.8 Å². The van der Waals surface area contributed by atoms with E-state index in [1.54, 1.807) is 0 Å². The molecule has 0 amide bonds. The van der Waals surface area contributed by atoms with Gasteiger partial charge in [0.15, 0.2) is 0 Å². The SMILES string of the molecule is CC(=O)CC(O)COC1CCN(C)C(C)(C)C1C. The van der Waals surface area contributed by atoms with Gasteiger partial charge in [0.2, 0.25) is 0 Å². The van der Waals surface area contributed by atoms with Crippen molar-refractivity contribution in [3.63, 3.8) is 0 Å². The van der Waals surface area contributed by atoms with E-state index in [4.69, 9.17) is 4.74 Å². The zero-order chi connectivity index (χ0) is 13.9. The molecule has 18 heavy (non-hydrogen) atoms. The zero-order valence-electron chi connectivity index (χ0n) is 12.3. The van der Waals surface area contributed by atoms with Gasteiger partial charge < -0.3 is 14.7 Å². The molecule has 1 heterocycles. The molecule has 106 valence electrons. The van der Waals surface area contributed by atoms with E-state index in [0.29, 0.717) is 5.92 Å². The lowest BCUT2D eigenvalue weighted by atomic mass is 9.79. The largest absolute Gasteiger partial charge is 0.390 e. The molecular formula is C14H27NO3. The first-order valence-corrected chi connectivity index (χ1v) is 6.75. The highest BCUT2D eigenvalue weighted by Gasteiger charge is 2.40. The van der Waals surface area contributed by atoms with Gasteiger partial charge in [0, 0.05) is 24.4 Å². The number of rotatable bonds is 5. The molecule has 0 aliphatic carbocycles. The predicted molar refractivity (Wildman–Crippen MR) is 71.5 cm³/mol. The Hall–Kier alpha value is -0.450. The van der Waals surface area contributed by atoms with Crippen LogP contribution in [0.5, 0.6) is 0 Å². The topological polar surface area (TPSA) is 49.8 Å². The third-order valence-corrected chi connectivity index (χ3v) is 4.43. The molecule has 1 saturated heterocycles. The lowest BCUT2D eigenvalue weighted by Gasteiger charge is -2.48. The normalized spacial score (nSPS) is 30.1. The van der Waals surface area contributed by atoms with Gasteiger partial charge in [-0.3, -0.25) is 4.79 Å². The van der Waals surface area contributed by atoms with Crippen LogP contribution in [0.15, 0.2) is 0 Å². The highest BCUT2D eigenvalue weighted by atomic mass is 16.5. The average Bonchev–Trinajstić information content (AvgIpc) is 2.25. The van der Waals surface area contributed by atoms with Crippen LogP contribution in [0, 0.1) is 5.92 Å². The van der Waals surface area contributed by atoms with Gasteiger partial charge in [-0.15, -0.1) is 0 Å². The van der Waals surface area contributed by atoms with E-state index in [9.17, 15) is 9.90 Å². The van der Waals surface area contributed by atoms with Gasteiger partial charge in [0.1, 0.15) is 5.78 Å².